The third-order valence-corrected chi connectivity index (χ3v) is 4.10. The number of rotatable bonds is 8. The van der Waals surface area contributed by atoms with Crippen molar-refractivity contribution in [3.05, 3.63) is 53.4 Å². The maximum Gasteiger partial charge on any atom is 0.451 e. The minimum absolute atomic E-state index is 0.103. The van der Waals surface area contributed by atoms with Crippen LogP contribution in [0.3, 0.4) is 0 Å². The summed E-state index contributed by atoms with van der Waals surface area (Å²) in [4.78, 5) is 19.4. The van der Waals surface area contributed by atoms with Crippen LogP contribution in [-0.4, -0.2) is 45.9 Å². The summed E-state index contributed by atoms with van der Waals surface area (Å²) in [7, 11) is 1.02. The van der Waals surface area contributed by atoms with Crippen LogP contribution in [-0.2, 0) is 43.9 Å². The Morgan fingerprint density at radius 3 is 2.50 bits per heavy atom. The molecular weight excluding hydrogens is 476 g/mol. The van der Waals surface area contributed by atoms with Crippen LogP contribution in [0, 0.1) is 0 Å². The van der Waals surface area contributed by atoms with E-state index in [-0.39, 0.29) is 23.9 Å². The van der Waals surface area contributed by atoms with Gasteiger partial charge in [0.05, 0.1) is 24.4 Å². The number of allylic oxidation sites excluding steroid dienone is 1. The highest BCUT2D eigenvalue weighted by atomic mass is 19.4. The number of anilines is 1. The van der Waals surface area contributed by atoms with Crippen molar-refractivity contribution in [3.8, 4) is 0 Å². The Kier molecular flexibility index (Phi) is 6.94. The fourth-order valence-electron chi connectivity index (χ4n) is 2.67. The highest BCUT2D eigenvalue weighted by molar-refractivity contribution is 6.04. The molecule has 0 aliphatic carbocycles. The normalized spacial score (nSPS) is 12.1. The Bertz CT molecular complexity index is 1190. The predicted molar refractivity (Wildman–Crippen MR) is 99.7 cm³/mol. The van der Waals surface area contributed by atoms with Crippen molar-refractivity contribution in [1.29, 1.82) is 0 Å². The van der Waals surface area contributed by atoms with Gasteiger partial charge < -0.3 is 4.74 Å². The van der Waals surface area contributed by atoms with Crippen molar-refractivity contribution >= 4 is 11.9 Å². The second-order valence-corrected chi connectivity index (χ2v) is 6.58. The van der Waals surface area contributed by atoms with Gasteiger partial charge in [0.2, 0.25) is 11.8 Å². The lowest BCUT2D eigenvalue weighted by molar-refractivity contribution is -0.147. The second kappa shape index (κ2) is 9.54. The van der Waals surface area contributed by atoms with Gasteiger partial charge in [-0.15, -0.1) is 6.58 Å². The Labute approximate surface area is 186 Å². The van der Waals surface area contributed by atoms with E-state index in [1.807, 2.05) is 0 Å². The number of halogens is 6. The zero-order chi connectivity index (χ0) is 25.1. The number of carbonyl (C=O) groups excluding carboxylic acids is 1. The summed E-state index contributed by atoms with van der Waals surface area (Å²) < 4.78 is 84.7. The van der Waals surface area contributed by atoms with Crippen molar-refractivity contribution in [3.63, 3.8) is 0 Å². The average Bonchev–Trinajstić information content (AvgIpc) is 3.33. The highest BCUT2D eigenvalue weighted by Crippen LogP contribution is 2.29. The van der Waals surface area contributed by atoms with Crippen LogP contribution in [0.2, 0.25) is 0 Å². The lowest BCUT2D eigenvalue weighted by atomic mass is 10.1. The van der Waals surface area contributed by atoms with Gasteiger partial charge in [0.1, 0.15) is 12.3 Å². The van der Waals surface area contributed by atoms with Crippen LogP contribution >= 0.6 is 0 Å². The average molecular weight is 491 g/mol. The van der Waals surface area contributed by atoms with Gasteiger partial charge in [-0.25, -0.2) is 19.3 Å². The van der Waals surface area contributed by atoms with Crippen LogP contribution in [0.5, 0.6) is 0 Å². The predicted octanol–water partition coefficient (Wildman–Crippen LogP) is 2.39. The lowest BCUT2D eigenvalue weighted by Gasteiger charge is -2.12. The molecule has 0 atom stereocenters. The Morgan fingerprint density at radius 1 is 1.15 bits per heavy atom. The topological polar surface area (TPSA) is 126 Å². The van der Waals surface area contributed by atoms with Gasteiger partial charge in [-0.05, 0) is 22.6 Å². The van der Waals surface area contributed by atoms with Crippen LogP contribution in [0.25, 0.3) is 0 Å². The van der Waals surface area contributed by atoms with E-state index in [1.165, 1.54) is 10.8 Å². The molecule has 1 N–H and O–H groups in total. The molecule has 17 heteroatoms. The first-order valence-corrected chi connectivity index (χ1v) is 9.20. The molecule has 0 fully saturated rings. The van der Waals surface area contributed by atoms with E-state index in [0.717, 1.165) is 13.1 Å². The number of aromatic nitrogens is 8. The van der Waals surface area contributed by atoms with Gasteiger partial charge in [-0.2, -0.15) is 31.4 Å². The summed E-state index contributed by atoms with van der Waals surface area (Å²) in [6.07, 6.45) is -8.13. The fourth-order valence-corrected chi connectivity index (χ4v) is 2.67. The number of carbonyl (C=O) groups is 1. The number of ether oxygens (including phenoxy) is 1. The van der Waals surface area contributed by atoms with Gasteiger partial charge >= 0.3 is 12.4 Å². The Balaban J connectivity index is 1.81. The minimum atomic E-state index is -4.82. The molecule has 0 spiro atoms. The van der Waals surface area contributed by atoms with Crippen LogP contribution in [0.15, 0.2) is 24.8 Å². The monoisotopic (exact) mass is 491 g/mol. The molecule has 34 heavy (non-hydrogen) atoms. The quantitative estimate of drug-likeness (QED) is 0.376. The van der Waals surface area contributed by atoms with E-state index in [0.29, 0.717) is 10.7 Å². The zero-order valence-electron chi connectivity index (χ0n) is 17.2. The molecule has 0 saturated carbocycles. The number of hydrogen-bond donors (Lipinski definition) is 1. The molecule has 1 amide bonds. The lowest BCUT2D eigenvalue weighted by Crippen LogP contribution is -2.20. The minimum Gasteiger partial charge on any atom is -0.367 e. The number of nitrogens with one attached hydrogen (secondary N) is 1. The Hall–Kier alpha value is -3.89. The second-order valence-electron chi connectivity index (χ2n) is 6.58. The molecule has 0 aliphatic rings. The molecule has 0 aliphatic heterocycles. The smallest absolute Gasteiger partial charge is 0.367 e. The zero-order valence-corrected chi connectivity index (χ0v) is 17.2. The SMILES string of the molecule is C=CCn1nnnc1NC(=O)c1ccc(C(F)(F)F)nc1COCc1nc(C(F)(F)F)n(C)n1. The molecule has 0 unspecified atom stereocenters. The summed E-state index contributed by atoms with van der Waals surface area (Å²) in [6.45, 7) is 2.40. The first kappa shape index (κ1) is 24.7. The summed E-state index contributed by atoms with van der Waals surface area (Å²) in [5.41, 5.74) is -2.03. The number of pyridine rings is 1. The molecule has 3 rings (SSSR count). The first-order valence-electron chi connectivity index (χ1n) is 9.20. The summed E-state index contributed by atoms with van der Waals surface area (Å²) in [6, 6.07) is 1.48. The van der Waals surface area contributed by atoms with E-state index in [1.54, 1.807) is 0 Å². The Morgan fingerprint density at radius 2 is 1.88 bits per heavy atom. The molecule has 3 heterocycles. The van der Waals surface area contributed by atoms with Crippen molar-refractivity contribution in [1.82, 2.24) is 40.0 Å². The maximum atomic E-state index is 13.1. The van der Waals surface area contributed by atoms with Gasteiger partial charge in [0.15, 0.2) is 5.82 Å². The number of amides is 1. The molecule has 0 bridgehead atoms. The maximum absolute atomic E-state index is 13.1. The van der Waals surface area contributed by atoms with E-state index in [9.17, 15) is 31.1 Å². The van der Waals surface area contributed by atoms with Gasteiger partial charge in [0.25, 0.3) is 5.91 Å². The first-order chi connectivity index (χ1) is 15.9. The number of hydrogen-bond acceptors (Lipinski definition) is 8. The molecule has 3 aromatic heterocycles. The van der Waals surface area contributed by atoms with Gasteiger partial charge in [-0.3, -0.25) is 10.1 Å². The molecule has 0 saturated heterocycles. The summed E-state index contributed by atoms with van der Waals surface area (Å²) in [5, 5.41) is 16.5. The number of alkyl halides is 6. The van der Waals surface area contributed by atoms with E-state index in [4.69, 9.17) is 4.74 Å². The van der Waals surface area contributed by atoms with Crippen molar-refractivity contribution in [2.24, 2.45) is 7.05 Å². The molecule has 3 aromatic rings. The fraction of sp³-hybridized carbons (Fsp3) is 0.353. The van der Waals surface area contributed by atoms with Crippen molar-refractivity contribution in [2.45, 2.75) is 32.1 Å². The van der Waals surface area contributed by atoms with E-state index >= 15 is 0 Å². The molecule has 182 valence electrons. The number of nitrogens with zero attached hydrogens (tertiary/aromatic N) is 8. The molecule has 11 nitrogen and oxygen atoms in total. The molecule has 0 aromatic carbocycles. The van der Waals surface area contributed by atoms with Gasteiger partial charge in [-0.1, -0.05) is 11.2 Å². The number of tetrazole rings is 1. The highest BCUT2D eigenvalue weighted by Gasteiger charge is 2.37. The largest absolute Gasteiger partial charge is 0.451 e. The van der Waals surface area contributed by atoms with E-state index < -0.39 is 48.7 Å². The van der Waals surface area contributed by atoms with Crippen LogP contribution in [0.1, 0.15) is 33.4 Å². The third-order valence-electron chi connectivity index (χ3n) is 4.10. The van der Waals surface area contributed by atoms with Crippen molar-refractivity contribution in [2.75, 3.05) is 5.32 Å². The van der Waals surface area contributed by atoms with Crippen LogP contribution in [0.4, 0.5) is 32.3 Å². The molecular formula is C17H15F6N9O2. The van der Waals surface area contributed by atoms with Crippen molar-refractivity contribution < 1.29 is 35.9 Å². The summed E-state index contributed by atoms with van der Waals surface area (Å²) in [5.74, 6) is -2.64. The molecule has 0 radical (unpaired) electrons. The van der Waals surface area contributed by atoms with Gasteiger partial charge in [0, 0.05) is 7.05 Å². The van der Waals surface area contributed by atoms with E-state index in [2.05, 4.69) is 42.5 Å². The third kappa shape index (κ3) is 5.72. The van der Waals surface area contributed by atoms with Crippen LogP contribution < -0.4 is 5.32 Å². The standard InChI is InChI=1S/C17H15F6N9O2/c1-3-6-32-15(27-29-30-32)26-13(33)9-4-5-11(16(18,19)20)24-10(9)7-34-8-12-25-14(17(21,22)23)31(2)28-12/h3-5H,1,6-8H2,2H3,(H,26,27,30,33). The number of aryl methyl sites for hydroxylation is 1. The summed E-state index contributed by atoms with van der Waals surface area (Å²) >= 11 is 0.